The zero-order chi connectivity index (χ0) is 15.0. The Bertz CT molecular complexity index is 845. The second kappa shape index (κ2) is 5.41. The lowest BCUT2D eigenvalue weighted by atomic mass is 10.0. The molecule has 0 fully saturated rings. The Balaban J connectivity index is 2.37. The van der Waals surface area contributed by atoms with E-state index in [9.17, 15) is 0 Å². The van der Waals surface area contributed by atoms with E-state index in [0.29, 0.717) is 10.7 Å². The molecule has 0 aliphatic heterocycles. The number of benzene rings is 1. The predicted molar refractivity (Wildman–Crippen MR) is 87.9 cm³/mol. The highest BCUT2D eigenvalue weighted by Gasteiger charge is 2.14. The smallest absolute Gasteiger partial charge is 0.195 e. The van der Waals surface area contributed by atoms with Crippen LogP contribution >= 0.6 is 12.2 Å². The van der Waals surface area contributed by atoms with Crippen molar-refractivity contribution in [3.63, 3.8) is 0 Å². The topological polar surface area (TPSA) is 46.5 Å². The van der Waals surface area contributed by atoms with Gasteiger partial charge in [-0.2, -0.15) is 5.10 Å². The van der Waals surface area contributed by atoms with Crippen molar-refractivity contribution in [3.05, 3.63) is 40.8 Å². The Labute approximate surface area is 128 Å². The van der Waals surface area contributed by atoms with Crippen LogP contribution in [0.15, 0.2) is 30.3 Å². The lowest BCUT2D eigenvalue weighted by molar-refractivity contribution is 0.755. The zero-order valence-corrected chi connectivity index (χ0v) is 13.2. The SMILES string of the molecule is CCn1c(-c2cc(C(C)C)nc3ccccc23)n[nH]c1=S. The van der Waals surface area contributed by atoms with Gasteiger partial charge in [-0.1, -0.05) is 32.0 Å². The summed E-state index contributed by atoms with van der Waals surface area (Å²) in [4.78, 5) is 4.75. The molecule has 0 bridgehead atoms. The van der Waals surface area contributed by atoms with E-state index >= 15 is 0 Å². The molecular weight excluding hydrogens is 280 g/mol. The van der Waals surface area contributed by atoms with Gasteiger partial charge in [0.05, 0.1) is 5.52 Å². The summed E-state index contributed by atoms with van der Waals surface area (Å²) in [6, 6.07) is 10.3. The van der Waals surface area contributed by atoms with Crippen LogP contribution in [0.1, 0.15) is 32.4 Å². The number of hydrogen-bond donors (Lipinski definition) is 1. The summed E-state index contributed by atoms with van der Waals surface area (Å²) in [6.45, 7) is 7.16. The summed E-state index contributed by atoms with van der Waals surface area (Å²) in [6.07, 6.45) is 0. The van der Waals surface area contributed by atoms with Crippen LogP contribution in [0, 0.1) is 4.77 Å². The summed E-state index contributed by atoms with van der Waals surface area (Å²) in [5, 5.41) is 8.42. The van der Waals surface area contributed by atoms with Crippen molar-refractivity contribution in [3.8, 4) is 11.4 Å². The van der Waals surface area contributed by atoms with Crippen LogP contribution in [0.25, 0.3) is 22.3 Å². The fourth-order valence-electron chi connectivity index (χ4n) is 2.49. The Morgan fingerprint density at radius 1 is 1.29 bits per heavy atom. The minimum absolute atomic E-state index is 0.366. The number of pyridine rings is 1. The Hall–Kier alpha value is -2.01. The maximum atomic E-state index is 5.31. The quantitative estimate of drug-likeness (QED) is 0.733. The third-order valence-electron chi connectivity index (χ3n) is 3.64. The molecule has 0 amide bonds. The largest absolute Gasteiger partial charge is 0.300 e. The van der Waals surface area contributed by atoms with E-state index in [-0.39, 0.29) is 0 Å². The molecule has 2 heterocycles. The molecule has 3 aromatic rings. The second-order valence-electron chi connectivity index (χ2n) is 5.36. The van der Waals surface area contributed by atoms with E-state index in [1.54, 1.807) is 0 Å². The average molecular weight is 298 g/mol. The fraction of sp³-hybridized carbons (Fsp3) is 0.312. The van der Waals surface area contributed by atoms with Crippen LogP contribution in [0.5, 0.6) is 0 Å². The van der Waals surface area contributed by atoms with Crippen LogP contribution < -0.4 is 0 Å². The van der Waals surface area contributed by atoms with Crippen molar-refractivity contribution in [1.82, 2.24) is 19.7 Å². The molecule has 2 aromatic heterocycles. The standard InChI is InChI=1S/C16H18N4S/c1-4-20-15(18-19-16(20)21)12-9-14(10(2)3)17-13-8-6-5-7-11(12)13/h5-10H,4H2,1-3H3,(H,19,21). The van der Waals surface area contributed by atoms with Gasteiger partial charge >= 0.3 is 0 Å². The number of rotatable bonds is 3. The molecule has 0 unspecified atom stereocenters. The van der Waals surface area contributed by atoms with E-state index in [1.165, 1.54) is 0 Å². The molecule has 3 rings (SSSR count). The van der Waals surface area contributed by atoms with Crippen molar-refractivity contribution >= 4 is 23.1 Å². The lowest BCUT2D eigenvalue weighted by Gasteiger charge is -2.12. The highest BCUT2D eigenvalue weighted by molar-refractivity contribution is 7.71. The van der Waals surface area contributed by atoms with Gasteiger partial charge in [-0.3, -0.25) is 10.1 Å². The molecule has 0 spiro atoms. The molecule has 1 aromatic carbocycles. The Kier molecular flexibility index (Phi) is 3.59. The van der Waals surface area contributed by atoms with Gasteiger partial charge in [-0.05, 0) is 37.2 Å². The first-order chi connectivity index (χ1) is 10.1. The summed E-state index contributed by atoms with van der Waals surface area (Å²) < 4.78 is 2.67. The van der Waals surface area contributed by atoms with E-state index in [2.05, 4.69) is 43.1 Å². The minimum Gasteiger partial charge on any atom is -0.300 e. The Morgan fingerprint density at radius 3 is 2.76 bits per heavy atom. The number of H-pyrrole nitrogens is 1. The molecule has 1 N–H and O–H groups in total. The number of nitrogens with zero attached hydrogens (tertiary/aromatic N) is 3. The number of hydrogen-bond acceptors (Lipinski definition) is 3. The van der Waals surface area contributed by atoms with Gasteiger partial charge < -0.3 is 4.57 Å². The summed E-state index contributed by atoms with van der Waals surface area (Å²) in [5.74, 6) is 1.24. The molecule has 5 heteroatoms. The van der Waals surface area contributed by atoms with Crippen molar-refractivity contribution in [2.24, 2.45) is 0 Å². The molecule has 4 nitrogen and oxygen atoms in total. The first-order valence-electron chi connectivity index (χ1n) is 7.17. The van der Waals surface area contributed by atoms with E-state index in [4.69, 9.17) is 17.2 Å². The summed E-state index contributed by atoms with van der Waals surface area (Å²) in [7, 11) is 0. The molecule has 21 heavy (non-hydrogen) atoms. The van der Waals surface area contributed by atoms with E-state index in [0.717, 1.165) is 34.5 Å². The van der Waals surface area contributed by atoms with Crippen molar-refractivity contribution < 1.29 is 0 Å². The molecular formula is C16H18N4S. The molecule has 0 radical (unpaired) electrons. The fourth-order valence-corrected chi connectivity index (χ4v) is 2.75. The maximum absolute atomic E-state index is 5.31. The van der Waals surface area contributed by atoms with Gasteiger partial charge in [0.1, 0.15) is 0 Å². The lowest BCUT2D eigenvalue weighted by Crippen LogP contribution is -2.01. The maximum Gasteiger partial charge on any atom is 0.195 e. The first kappa shape index (κ1) is 13.9. The van der Waals surface area contributed by atoms with E-state index in [1.807, 2.05) is 22.8 Å². The number of nitrogens with one attached hydrogen (secondary N) is 1. The van der Waals surface area contributed by atoms with Crippen molar-refractivity contribution in [2.45, 2.75) is 33.2 Å². The third-order valence-corrected chi connectivity index (χ3v) is 3.95. The van der Waals surface area contributed by atoms with Crippen LogP contribution in [0.4, 0.5) is 0 Å². The van der Waals surface area contributed by atoms with Gasteiger partial charge in [0.2, 0.25) is 0 Å². The van der Waals surface area contributed by atoms with E-state index < -0.39 is 0 Å². The van der Waals surface area contributed by atoms with Gasteiger partial charge in [0.15, 0.2) is 10.6 Å². The molecule has 0 saturated heterocycles. The van der Waals surface area contributed by atoms with Crippen LogP contribution in [0.3, 0.4) is 0 Å². The summed E-state index contributed by atoms with van der Waals surface area (Å²) in [5.41, 5.74) is 3.15. The number of aromatic nitrogens is 4. The summed E-state index contributed by atoms with van der Waals surface area (Å²) >= 11 is 5.31. The number of aromatic amines is 1. The Morgan fingerprint density at radius 2 is 2.05 bits per heavy atom. The molecule has 0 aliphatic rings. The zero-order valence-electron chi connectivity index (χ0n) is 12.4. The van der Waals surface area contributed by atoms with Gasteiger partial charge in [0.25, 0.3) is 0 Å². The first-order valence-corrected chi connectivity index (χ1v) is 7.58. The van der Waals surface area contributed by atoms with Gasteiger partial charge in [0, 0.05) is 23.2 Å². The number of fused-ring (bicyclic) bond motifs is 1. The van der Waals surface area contributed by atoms with Crippen molar-refractivity contribution in [1.29, 1.82) is 0 Å². The molecule has 0 aliphatic carbocycles. The van der Waals surface area contributed by atoms with Gasteiger partial charge in [-0.25, -0.2) is 0 Å². The van der Waals surface area contributed by atoms with Crippen molar-refractivity contribution in [2.75, 3.05) is 0 Å². The second-order valence-corrected chi connectivity index (χ2v) is 5.75. The molecule has 0 atom stereocenters. The predicted octanol–water partition coefficient (Wildman–Crippen LogP) is 4.30. The third kappa shape index (κ3) is 2.38. The van der Waals surface area contributed by atoms with Crippen LogP contribution in [-0.2, 0) is 6.54 Å². The minimum atomic E-state index is 0.366. The van der Waals surface area contributed by atoms with Crippen LogP contribution in [-0.4, -0.2) is 19.7 Å². The number of para-hydroxylation sites is 1. The van der Waals surface area contributed by atoms with Crippen LogP contribution in [0.2, 0.25) is 0 Å². The monoisotopic (exact) mass is 298 g/mol. The average Bonchev–Trinajstić information content (AvgIpc) is 2.86. The highest BCUT2D eigenvalue weighted by Crippen LogP contribution is 2.29. The van der Waals surface area contributed by atoms with Gasteiger partial charge in [-0.15, -0.1) is 0 Å². The highest BCUT2D eigenvalue weighted by atomic mass is 32.1. The molecule has 0 saturated carbocycles. The molecule has 108 valence electrons. The normalized spacial score (nSPS) is 11.4.